The zero-order valence-corrected chi connectivity index (χ0v) is 11.3. The van der Waals surface area contributed by atoms with E-state index in [9.17, 15) is 0 Å². The molecule has 3 aromatic rings. The van der Waals surface area contributed by atoms with Gasteiger partial charge in [-0.1, -0.05) is 26.0 Å². The first kappa shape index (κ1) is 12.4. The fourth-order valence-electron chi connectivity index (χ4n) is 1.92. The summed E-state index contributed by atoms with van der Waals surface area (Å²) in [6.45, 7) is 4.00. The Hall–Kier alpha value is -2.10. The highest BCUT2D eigenvalue weighted by Crippen LogP contribution is 2.22. The zero-order chi connectivity index (χ0) is 13.1. The largest absolute Gasteiger partial charge is 0.361 e. The smallest absolute Gasteiger partial charge is 0.154 e. The van der Waals surface area contributed by atoms with Gasteiger partial charge in [0.25, 0.3) is 0 Å². The molecule has 0 aliphatic carbocycles. The fraction of sp³-hybridized carbons (Fsp3) is 0.286. The Bertz CT molecular complexity index is 655. The lowest BCUT2D eigenvalue weighted by atomic mass is 10.3. The van der Waals surface area contributed by atoms with Crippen molar-refractivity contribution in [3.05, 3.63) is 36.8 Å². The molecular weight excluding hydrogens is 224 g/mol. The number of para-hydroxylation sites is 2. The van der Waals surface area contributed by atoms with E-state index in [1.165, 1.54) is 0 Å². The molecule has 0 spiro atoms. The van der Waals surface area contributed by atoms with Gasteiger partial charge in [-0.15, -0.1) is 0 Å². The molecule has 1 aromatic carbocycles. The normalized spacial score (nSPS) is 10.2. The third kappa shape index (κ3) is 1.90. The Morgan fingerprint density at radius 1 is 1.06 bits per heavy atom. The molecule has 0 N–H and O–H groups in total. The van der Waals surface area contributed by atoms with Crippen molar-refractivity contribution in [2.75, 3.05) is 19.0 Å². The summed E-state index contributed by atoms with van der Waals surface area (Å²) in [5.74, 6) is 0.941. The molecule has 0 amide bonds. The maximum atomic E-state index is 4.64. The van der Waals surface area contributed by atoms with Crippen LogP contribution in [0.5, 0.6) is 0 Å². The molecule has 0 saturated carbocycles. The first-order chi connectivity index (χ1) is 8.77. The summed E-state index contributed by atoms with van der Waals surface area (Å²) in [7, 11) is 3.98. The highest BCUT2D eigenvalue weighted by molar-refractivity contribution is 5.84. The van der Waals surface area contributed by atoms with E-state index in [0.29, 0.717) is 0 Å². The molecule has 0 atom stereocenters. The summed E-state index contributed by atoms with van der Waals surface area (Å²) in [6, 6.07) is 8.08. The maximum absolute atomic E-state index is 4.64. The van der Waals surface area contributed by atoms with Gasteiger partial charge in [0.1, 0.15) is 5.52 Å². The molecule has 94 valence electrons. The quantitative estimate of drug-likeness (QED) is 0.657. The lowest BCUT2D eigenvalue weighted by Crippen LogP contribution is -2.12. The van der Waals surface area contributed by atoms with E-state index in [-0.39, 0.29) is 0 Å². The second-order valence-electron chi connectivity index (χ2n) is 3.97. The van der Waals surface area contributed by atoms with E-state index in [2.05, 4.69) is 20.4 Å². The van der Waals surface area contributed by atoms with Crippen LogP contribution in [-0.4, -0.2) is 28.5 Å². The van der Waals surface area contributed by atoms with Gasteiger partial charge >= 0.3 is 0 Å². The molecule has 4 heteroatoms. The lowest BCUT2D eigenvalue weighted by molar-refractivity contribution is 1.07. The van der Waals surface area contributed by atoms with Crippen molar-refractivity contribution < 1.29 is 0 Å². The van der Waals surface area contributed by atoms with Crippen molar-refractivity contribution in [2.24, 2.45) is 0 Å². The Balaban J connectivity index is 0.000000574. The molecular formula is C14H18N4. The number of imidazole rings is 1. The van der Waals surface area contributed by atoms with Crippen LogP contribution in [0.3, 0.4) is 0 Å². The number of hydrogen-bond donors (Lipinski definition) is 0. The first-order valence-corrected chi connectivity index (χ1v) is 6.15. The van der Waals surface area contributed by atoms with Gasteiger partial charge in [-0.05, 0) is 12.1 Å². The number of benzene rings is 1. The lowest BCUT2D eigenvalue weighted by Gasteiger charge is -2.14. The number of nitrogens with zero attached hydrogens (tertiary/aromatic N) is 4. The van der Waals surface area contributed by atoms with Crippen LogP contribution in [0.1, 0.15) is 13.8 Å². The molecule has 0 radical (unpaired) electrons. The molecule has 0 aliphatic heterocycles. The van der Waals surface area contributed by atoms with Gasteiger partial charge < -0.3 is 4.90 Å². The third-order valence-corrected chi connectivity index (χ3v) is 2.66. The van der Waals surface area contributed by atoms with Crippen LogP contribution in [0.4, 0.5) is 5.82 Å². The number of anilines is 1. The van der Waals surface area contributed by atoms with Crippen molar-refractivity contribution in [3.8, 4) is 0 Å². The fourth-order valence-corrected chi connectivity index (χ4v) is 1.92. The molecule has 0 saturated heterocycles. The molecule has 0 unspecified atom stereocenters. The van der Waals surface area contributed by atoms with Crippen LogP contribution >= 0.6 is 0 Å². The van der Waals surface area contributed by atoms with Crippen LogP contribution in [0.25, 0.3) is 16.6 Å². The standard InChI is InChI=1S/C12H12N4.C2H6/c1-15(2)12-11-7-13-8-16(11)10-6-4-3-5-9(10)14-12;1-2/h3-8H,1-2H3;1-2H3. The van der Waals surface area contributed by atoms with Gasteiger partial charge in [-0.3, -0.25) is 4.40 Å². The van der Waals surface area contributed by atoms with Gasteiger partial charge in [-0.2, -0.15) is 0 Å². The predicted octanol–water partition coefficient (Wildman–Crippen LogP) is 2.97. The summed E-state index contributed by atoms with van der Waals surface area (Å²) in [5.41, 5.74) is 3.10. The van der Waals surface area contributed by atoms with E-state index in [0.717, 1.165) is 22.4 Å². The number of fused-ring (bicyclic) bond motifs is 3. The van der Waals surface area contributed by atoms with Crippen LogP contribution in [0, 0.1) is 0 Å². The van der Waals surface area contributed by atoms with Gasteiger partial charge in [0.05, 0.1) is 23.6 Å². The van der Waals surface area contributed by atoms with E-state index in [1.54, 1.807) is 0 Å². The van der Waals surface area contributed by atoms with Gasteiger partial charge in [0.2, 0.25) is 0 Å². The highest BCUT2D eigenvalue weighted by Gasteiger charge is 2.09. The van der Waals surface area contributed by atoms with Crippen LogP contribution in [-0.2, 0) is 0 Å². The van der Waals surface area contributed by atoms with Crippen molar-refractivity contribution >= 4 is 22.4 Å². The minimum absolute atomic E-state index is 0.941. The van der Waals surface area contributed by atoms with E-state index < -0.39 is 0 Å². The van der Waals surface area contributed by atoms with E-state index in [4.69, 9.17) is 0 Å². The topological polar surface area (TPSA) is 33.4 Å². The van der Waals surface area contributed by atoms with Gasteiger partial charge in [0, 0.05) is 14.1 Å². The zero-order valence-electron chi connectivity index (χ0n) is 11.3. The average Bonchev–Trinajstić information content (AvgIpc) is 2.89. The Morgan fingerprint density at radius 2 is 1.78 bits per heavy atom. The Labute approximate surface area is 107 Å². The van der Waals surface area contributed by atoms with Crippen molar-refractivity contribution in [1.82, 2.24) is 14.4 Å². The van der Waals surface area contributed by atoms with Gasteiger partial charge in [0.15, 0.2) is 5.82 Å². The summed E-state index contributed by atoms with van der Waals surface area (Å²) in [5, 5.41) is 0. The maximum Gasteiger partial charge on any atom is 0.154 e. The van der Waals surface area contributed by atoms with E-state index >= 15 is 0 Å². The second kappa shape index (κ2) is 5.04. The molecule has 4 nitrogen and oxygen atoms in total. The molecule has 3 rings (SSSR count). The van der Waals surface area contributed by atoms with Crippen LogP contribution in [0.2, 0.25) is 0 Å². The monoisotopic (exact) mass is 242 g/mol. The summed E-state index contributed by atoms with van der Waals surface area (Å²) in [4.78, 5) is 10.8. The Kier molecular flexibility index (Phi) is 3.46. The molecule has 0 aliphatic rings. The van der Waals surface area contributed by atoms with Crippen molar-refractivity contribution in [2.45, 2.75) is 13.8 Å². The third-order valence-electron chi connectivity index (χ3n) is 2.66. The minimum atomic E-state index is 0.941. The summed E-state index contributed by atoms with van der Waals surface area (Å²) in [6.07, 6.45) is 3.67. The first-order valence-electron chi connectivity index (χ1n) is 6.15. The average molecular weight is 242 g/mol. The molecule has 18 heavy (non-hydrogen) atoms. The second-order valence-corrected chi connectivity index (χ2v) is 3.97. The highest BCUT2D eigenvalue weighted by atomic mass is 15.2. The van der Waals surface area contributed by atoms with Crippen molar-refractivity contribution in [1.29, 1.82) is 0 Å². The molecule has 2 heterocycles. The molecule has 2 aromatic heterocycles. The van der Waals surface area contributed by atoms with Crippen LogP contribution < -0.4 is 4.90 Å². The van der Waals surface area contributed by atoms with Gasteiger partial charge in [-0.25, -0.2) is 9.97 Å². The Morgan fingerprint density at radius 3 is 2.50 bits per heavy atom. The molecule has 0 bridgehead atoms. The van der Waals surface area contributed by atoms with Crippen molar-refractivity contribution in [3.63, 3.8) is 0 Å². The number of aromatic nitrogens is 3. The van der Waals surface area contributed by atoms with E-state index in [1.807, 2.05) is 63.6 Å². The SMILES string of the molecule is CC.CN(C)c1nc2ccccc2n2cncc12. The summed E-state index contributed by atoms with van der Waals surface area (Å²) < 4.78 is 2.07. The number of hydrogen-bond acceptors (Lipinski definition) is 3. The molecule has 0 fully saturated rings. The minimum Gasteiger partial charge on any atom is -0.361 e. The predicted molar refractivity (Wildman–Crippen MR) is 76.2 cm³/mol. The summed E-state index contributed by atoms with van der Waals surface area (Å²) >= 11 is 0. The number of rotatable bonds is 1. The van der Waals surface area contributed by atoms with Crippen LogP contribution in [0.15, 0.2) is 36.8 Å².